The minimum atomic E-state index is -2.30. The van der Waals surface area contributed by atoms with Crippen LogP contribution in [0.5, 0.6) is 0 Å². The lowest BCUT2D eigenvalue weighted by Gasteiger charge is -2.28. The zero-order valence-corrected chi connectivity index (χ0v) is 18.6. The van der Waals surface area contributed by atoms with Crippen molar-refractivity contribution >= 4 is 34.1 Å². The Kier molecular flexibility index (Phi) is 6.31. The lowest BCUT2D eigenvalue weighted by molar-refractivity contribution is 0.122. The summed E-state index contributed by atoms with van der Waals surface area (Å²) >= 11 is -2.30. The molecule has 2 N–H and O–H groups in total. The predicted octanol–water partition coefficient (Wildman–Crippen LogP) is 2.86. The number of ether oxygens (including phenoxy) is 1. The number of benzene rings is 2. The molecule has 1 fully saturated rings. The van der Waals surface area contributed by atoms with E-state index in [2.05, 4.69) is 37.2 Å². The topological polar surface area (TPSA) is 107 Å². The number of nitrogens with zero attached hydrogens (tertiary/aromatic N) is 4. The number of aromatic nitrogens is 3. The summed E-state index contributed by atoms with van der Waals surface area (Å²) in [6.07, 6.45) is 1.77. The van der Waals surface area contributed by atoms with E-state index in [-0.39, 0.29) is 6.54 Å². The molecule has 0 radical (unpaired) electrons. The van der Waals surface area contributed by atoms with Gasteiger partial charge in [0.2, 0.25) is 5.95 Å². The molecule has 1 unspecified atom stereocenters. The molecule has 1 saturated heterocycles. The molecule has 170 valence electrons. The molecule has 0 saturated carbocycles. The second-order valence-electron chi connectivity index (χ2n) is 7.66. The van der Waals surface area contributed by atoms with Crippen LogP contribution in [0, 0.1) is 0 Å². The molecule has 5 rings (SSSR count). The first-order valence-electron chi connectivity index (χ1n) is 10.6. The number of morpholine rings is 1. The van der Waals surface area contributed by atoms with Gasteiger partial charge < -0.3 is 19.5 Å². The largest absolute Gasteiger partial charge is 0.760 e. The van der Waals surface area contributed by atoms with Crippen LogP contribution in [0.25, 0.3) is 16.8 Å². The first kappa shape index (κ1) is 21.5. The fourth-order valence-corrected chi connectivity index (χ4v) is 4.15. The van der Waals surface area contributed by atoms with Gasteiger partial charge in [0.15, 0.2) is 0 Å². The third-order valence-corrected chi connectivity index (χ3v) is 5.90. The molecule has 33 heavy (non-hydrogen) atoms. The third kappa shape index (κ3) is 5.04. The smallest absolute Gasteiger partial charge is 0.245 e. The van der Waals surface area contributed by atoms with Crippen LogP contribution in [0.3, 0.4) is 0 Å². The van der Waals surface area contributed by atoms with E-state index in [1.54, 1.807) is 6.20 Å². The Morgan fingerprint density at radius 3 is 2.67 bits per heavy atom. The minimum Gasteiger partial charge on any atom is -0.760 e. The summed E-state index contributed by atoms with van der Waals surface area (Å²) in [7, 11) is 0. The monoisotopic (exact) mass is 463 g/mol. The SMILES string of the molecule is O=S([O-])NCc1cccc(-c2ccc3cnc(Nc4ccc(N5CCOCC5)cc4)nn23)c1. The fraction of sp³-hybridized carbons (Fsp3) is 0.217. The van der Waals surface area contributed by atoms with Crippen molar-refractivity contribution in [3.8, 4) is 11.3 Å². The number of fused-ring (bicyclic) bond motifs is 1. The summed E-state index contributed by atoms with van der Waals surface area (Å²) in [4.78, 5) is 6.75. The molecule has 2 aromatic heterocycles. The summed E-state index contributed by atoms with van der Waals surface area (Å²) in [5.74, 6) is 0.485. The van der Waals surface area contributed by atoms with Crippen LogP contribution < -0.4 is 14.9 Å². The average Bonchev–Trinajstić information content (AvgIpc) is 3.27. The summed E-state index contributed by atoms with van der Waals surface area (Å²) < 4.78 is 31.3. The zero-order valence-electron chi connectivity index (χ0n) is 17.8. The van der Waals surface area contributed by atoms with Crippen molar-refractivity contribution in [3.63, 3.8) is 0 Å². The van der Waals surface area contributed by atoms with Crippen LogP contribution in [0.1, 0.15) is 5.56 Å². The number of anilines is 3. The van der Waals surface area contributed by atoms with E-state index in [4.69, 9.17) is 4.74 Å². The van der Waals surface area contributed by atoms with E-state index in [9.17, 15) is 8.76 Å². The van der Waals surface area contributed by atoms with Crippen molar-refractivity contribution in [2.45, 2.75) is 6.54 Å². The van der Waals surface area contributed by atoms with Gasteiger partial charge in [-0.2, -0.15) is 0 Å². The molecular weight excluding hydrogens is 440 g/mol. The lowest BCUT2D eigenvalue weighted by Crippen LogP contribution is -2.36. The van der Waals surface area contributed by atoms with Crippen molar-refractivity contribution in [2.75, 3.05) is 36.5 Å². The molecule has 1 atom stereocenters. The Morgan fingerprint density at radius 2 is 1.88 bits per heavy atom. The highest BCUT2D eigenvalue weighted by molar-refractivity contribution is 7.77. The van der Waals surface area contributed by atoms with Crippen molar-refractivity contribution < 1.29 is 13.5 Å². The lowest BCUT2D eigenvalue weighted by atomic mass is 10.1. The van der Waals surface area contributed by atoms with Crippen molar-refractivity contribution in [1.29, 1.82) is 0 Å². The zero-order chi connectivity index (χ0) is 22.6. The van der Waals surface area contributed by atoms with Gasteiger partial charge in [0.05, 0.1) is 30.6 Å². The summed E-state index contributed by atoms with van der Waals surface area (Å²) in [5, 5.41) is 7.95. The van der Waals surface area contributed by atoms with Crippen molar-refractivity contribution in [3.05, 3.63) is 72.4 Å². The first-order valence-corrected chi connectivity index (χ1v) is 11.7. The highest BCUT2D eigenvalue weighted by Crippen LogP contribution is 2.24. The summed E-state index contributed by atoms with van der Waals surface area (Å²) in [6.45, 7) is 3.54. The Morgan fingerprint density at radius 1 is 1.06 bits per heavy atom. The molecule has 0 aliphatic carbocycles. The molecule has 4 aromatic rings. The second kappa shape index (κ2) is 9.67. The van der Waals surface area contributed by atoms with Crippen LogP contribution >= 0.6 is 0 Å². The maximum atomic E-state index is 10.8. The summed E-state index contributed by atoms with van der Waals surface area (Å²) in [5.41, 5.74) is 5.62. The molecule has 0 spiro atoms. The van der Waals surface area contributed by atoms with Crippen molar-refractivity contribution in [1.82, 2.24) is 19.3 Å². The van der Waals surface area contributed by atoms with E-state index < -0.39 is 11.3 Å². The molecule has 1 aliphatic heterocycles. The van der Waals surface area contributed by atoms with Crippen molar-refractivity contribution in [2.24, 2.45) is 0 Å². The number of rotatable bonds is 7. The van der Waals surface area contributed by atoms with Gasteiger partial charge in [-0.05, 0) is 48.0 Å². The molecule has 0 amide bonds. The van der Waals surface area contributed by atoms with E-state index in [0.29, 0.717) is 5.95 Å². The maximum absolute atomic E-state index is 10.8. The van der Waals surface area contributed by atoms with Crippen LogP contribution in [0.4, 0.5) is 17.3 Å². The Labute approximate surface area is 193 Å². The molecule has 9 nitrogen and oxygen atoms in total. The van der Waals surface area contributed by atoms with Gasteiger partial charge in [-0.1, -0.05) is 18.2 Å². The van der Waals surface area contributed by atoms with E-state index in [1.165, 1.54) is 5.69 Å². The number of nitrogens with one attached hydrogen (secondary N) is 2. The molecule has 3 heterocycles. The number of hydrogen-bond acceptors (Lipinski definition) is 7. The summed E-state index contributed by atoms with van der Waals surface area (Å²) in [6, 6.07) is 19.8. The van der Waals surface area contributed by atoms with Gasteiger partial charge >= 0.3 is 0 Å². The van der Waals surface area contributed by atoms with Gasteiger partial charge in [0, 0.05) is 47.8 Å². The average molecular weight is 464 g/mol. The quantitative estimate of drug-likeness (QED) is 0.406. The Bertz CT molecular complexity index is 1270. The standard InChI is InChI=1S/C23H24N6O3S/c30-33(31)25-15-17-2-1-3-18(14-17)22-9-8-21-16-24-23(27-29(21)22)26-19-4-6-20(7-5-19)28-10-12-32-13-11-28/h1-9,14,16,25H,10-13,15H2,(H,26,27)(H,30,31)/p-1. The van der Waals surface area contributed by atoms with Crippen LogP contribution in [-0.4, -0.2) is 49.7 Å². The highest BCUT2D eigenvalue weighted by atomic mass is 32.2. The predicted molar refractivity (Wildman–Crippen MR) is 127 cm³/mol. The van der Waals surface area contributed by atoms with E-state index in [0.717, 1.165) is 54.3 Å². The van der Waals surface area contributed by atoms with Gasteiger partial charge in [-0.15, -0.1) is 5.10 Å². The van der Waals surface area contributed by atoms with Gasteiger partial charge in [0.1, 0.15) is 0 Å². The van der Waals surface area contributed by atoms with Gasteiger partial charge in [-0.25, -0.2) is 14.2 Å². The fourth-order valence-electron chi connectivity index (χ4n) is 3.87. The van der Waals surface area contributed by atoms with E-state index >= 15 is 0 Å². The van der Waals surface area contributed by atoms with Crippen LogP contribution in [0.15, 0.2) is 66.9 Å². The van der Waals surface area contributed by atoms with Gasteiger partial charge in [0.25, 0.3) is 0 Å². The second-order valence-corrected chi connectivity index (χ2v) is 8.42. The minimum absolute atomic E-state index is 0.232. The molecule has 10 heteroatoms. The molecule has 2 aromatic carbocycles. The van der Waals surface area contributed by atoms with Crippen LogP contribution in [0.2, 0.25) is 0 Å². The van der Waals surface area contributed by atoms with E-state index in [1.807, 2.05) is 53.0 Å². The number of hydrogen-bond donors (Lipinski definition) is 2. The maximum Gasteiger partial charge on any atom is 0.245 e. The van der Waals surface area contributed by atoms with Crippen LogP contribution in [-0.2, 0) is 22.5 Å². The van der Waals surface area contributed by atoms with Gasteiger partial charge in [-0.3, -0.25) is 4.21 Å². The Hall–Kier alpha value is -3.31. The first-order chi connectivity index (χ1) is 16.2. The molecular formula is C23H23N6O3S-. The Balaban J connectivity index is 1.36. The molecule has 1 aliphatic rings. The normalized spacial score (nSPS) is 15.0. The third-order valence-electron chi connectivity index (χ3n) is 5.52. The highest BCUT2D eigenvalue weighted by Gasteiger charge is 2.12. The molecule has 0 bridgehead atoms.